The number of hydrogen-bond acceptors (Lipinski definition) is 2. The molecule has 0 saturated carbocycles. The Balaban J connectivity index is 2.44. The lowest BCUT2D eigenvalue weighted by molar-refractivity contribution is 0.627. The van der Waals surface area contributed by atoms with Crippen LogP contribution in [0.2, 0.25) is 0 Å². The van der Waals surface area contributed by atoms with E-state index in [1.807, 2.05) is 6.92 Å². The van der Waals surface area contributed by atoms with Crippen molar-refractivity contribution in [3.63, 3.8) is 0 Å². The molecular weight excluding hydrogens is 209 g/mol. The van der Waals surface area contributed by atoms with E-state index in [0.717, 1.165) is 28.2 Å². The molecule has 15 heavy (non-hydrogen) atoms. The molecule has 2 rings (SSSR count). The highest BCUT2D eigenvalue weighted by Gasteiger charge is 2.07. The van der Waals surface area contributed by atoms with Crippen molar-refractivity contribution in [2.75, 3.05) is 0 Å². The summed E-state index contributed by atoms with van der Waals surface area (Å²) in [6.07, 6.45) is 0.941. The summed E-state index contributed by atoms with van der Waals surface area (Å²) in [6, 6.07) is 4.82. The number of rotatable bonds is 2. The maximum Gasteiger partial charge on any atom is 0.123 e. The van der Waals surface area contributed by atoms with E-state index >= 15 is 0 Å². The molecule has 0 aliphatic rings. The maximum absolute atomic E-state index is 12.9. The van der Waals surface area contributed by atoms with Crippen molar-refractivity contribution in [3.05, 3.63) is 40.7 Å². The third kappa shape index (κ3) is 2.07. The van der Waals surface area contributed by atoms with Gasteiger partial charge >= 0.3 is 0 Å². The number of nitrogens with zero attached hydrogens (tertiary/aromatic N) is 1. The zero-order chi connectivity index (χ0) is 10.8. The highest BCUT2D eigenvalue weighted by molar-refractivity contribution is 7.13. The van der Waals surface area contributed by atoms with Crippen LogP contribution in [0.1, 0.15) is 18.2 Å². The van der Waals surface area contributed by atoms with Crippen molar-refractivity contribution >= 4 is 11.3 Å². The fraction of sp³-hybridized carbons (Fsp3) is 0.250. The van der Waals surface area contributed by atoms with E-state index in [4.69, 9.17) is 0 Å². The van der Waals surface area contributed by atoms with Crippen molar-refractivity contribution in [2.24, 2.45) is 0 Å². The van der Waals surface area contributed by atoms with Crippen LogP contribution >= 0.6 is 11.3 Å². The second kappa shape index (κ2) is 4.11. The largest absolute Gasteiger partial charge is 0.241 e. The van der Waals surface area contributed by atoms with Crippen molar-refractivity contribution in [2.45, 2.75) is 20.3 Å². The first-order valence-corrected chi connectivity index (χ1v) is 5.79. The molecule has 1 heterocycles. The highest BCUT2D eigenvalue weighted by atomic mass is 32.1. The molecule has 0 aliphatic carbocycles. The molecule has 2 aromatic rings. The Morgan fingerprint density at radius 2 is 2.20 bits per heavy atom. The van der Waals surface area contributed by atoms with Crippen LogP contribution in [0.3, 0.4) is 0 Å². The Morgan fingerprint density at radius 3 is 2.80 bits per heavy atom. The predicted octanol–water partition coefficient (Wildman–Crippen LogP) is 3.82. The SMILES string of the molecule is CCc1csc(-c2ccc(F)cc2C)n1. The molecular formula is C12H12FNS. The molecule has 0 unspecified atom stereocenters. The number of thiazole rings is 1. The normalized spacial score (nSPS) is 10.6. The minimum Gasteiger partial charge on any atom is -0.241 e. The lowest BCUT2D eigenvalue weighted by atomic mass is 10.1. The molecule has 1 nitrogen and oxygen atoms in total. The summed E-state index contributed by atoms with van der Waals surface area (Å²) < 4.78 is 12.9. The van der Waals surface area contributed by atoms with E-state index in [-0.39, 0.29) is 5.82 Å². The van der Waals surface area contributed by atoms with E-state index in [2.05, 4.69) is 17.3 Å². The Kier molecular flexibility index (Phi) is 2.82. The van der Waals surface area contributed by atoms with Crippen LogP contribution in [0, 0.1) is 12.7 Å². The van der Waals surface area contributed by atoms with E-state index in [9.17, 15) is 4.39 Å². The topological polar surface area (TPSA) is 12.9 Å². The summed E-state index contributed by atoms with van der Waals surface area (Å²) in [5.74, 6) is -0.191. The van der Waals surface area contributed by atoms with Gasteiger partial charge in [-0.05, 0) is 37.1 Å². The van der Waals surface area contributed by atoms with Gasteiger partial charge < -0.3 is 0 Å². The predicted molar refractivity (Wildman–Crippen MR) is 61.6 cm³/mol. The first kappa shape index (κ1) is 10.3. The van der Waals surface area contributed by atoms with Gasteiger partial charge in [-0.3, -0.25) is 0 Å². The monoisotopic (exact) mass is 221 g/mol. The summed E-state index contributed by atoms with van der Waals surface area (Å²) in [5.41, 5.74) is 3.06. The van der Waals surface area contributed by atoms with Crippen LogP contribution in [-0.2, 0) is 6.42 Å². The summed E-state index contributed by atoms with van der Waals surface area (Å²) in [4.78, 5) is 4.49. The van der Waals surface area contributed by atoms with E-state index in [0.29, 0.717) is 0 Å². The standard InChI is InChI=1S/C12H12FNS/c1-3-10-7-15-12(14-10)11-5-4-9(13)6-8(11)2/h4-7H,3H2,1-2H3. The Morgan fingerprint density at radius 1 is 1.40 bits per heavy atom. The van der Waals surface area contributed by atoms with Crippen LogP contribution in [0.15, 0.2) is 23.6 Å². The summed E-state index contributed by atoms with van der Waals surface area (Å²) >= 11 is 1.61. The van der Waals surface area contributed by atoms with E-state index < -0.39 is 0 Å². The first-order chi connectivity index (χ1) is 7.20. The van der Waals surface area contributed by atoms with E-state index in [1.54, 1.807) is 23.5 Å². The number of benzene rings is 1. The van der Waals surface area contributed by atoms with Crippen LogP contribution in [0.25, 0.3) is 10.6 Å². The maximum atomic E-state index is 12.9. The van der Waals surface area contributed by atoms with Gasteiger partial charge in [0.05, 0.1) is 5.69 Å². The quantitative estimate of drug-likeness (QED) is 0.751. The second-order valence-electron chi connectivity index (χ2n) is 3.46. The van der Waals surface area contributed by atoms with Crippen LogP contribution < -0.4 is 0 Å². The Labute approximate surface area is 92.6 Å². The molecule has 0 saturated heterocycles. The third-order valence-corrected chi connectivity index (χ3v) is 3.26. The van der Waals surface area contributed by atoms with Crippen LogP contribution in [-0.4, -0.2) is 4.98 Å². The zero-order valence-electron chi connectivity index (χ0n) is 8.75. The smallest absolute Gasteiger partial charge is 0.123 e. The molecule has 3 heteroatoms. The van der Waals surface area contributed by atoms with Crippen LogP contribution in [0.4, 0.5) is 4.39 Å². The second-order valence-corrected chi connectivity index (χ2v) is 4.31. The lowest BCUT2D eigenvalue weighted by Crippen LogP contribution is -1.85. The average molecular weight is 221 g/mol. The third-order valence-electron chi connectivity index (χ3n) is 2.33. The molecule has 0 radical (unpaired) electrons. The van der Waals surface area contributed by atoms with E-state index in [1.165, 1.54) is 6.07 Å². The fourth-order valence-corrected chi connectivity index (χ4v) is 2.45. The first-order valence-electron chi connectivity index (χ1n) is 4.91. The van der Waals surface area contributed by atoms with Gasteiger partial charge in [-0.1, -0.05) is 6.92 Å². The van der Waals surface area contributed by atoms with Gasteiger partial charge in [0.25, 0.3) is 0 Å². The van der Waals surface area contributed by atoms with Crippen LogP contribution in [0.5, 0.6) is 0 Å². The van der Waals surface area contributed by atoms with Gasteiger partial charge in [-0.2, -0.15) is 0 Å². The van der Waals surface area contributed by atoms with Gasteiger partial charge in [-0.15, -0.1) is 11.3 Å². The number of hydrogen-bond donors (Lipinski definition) is 0. The van der Waals surface area contributed by atoms with Crippen molar-refractivity contribution in [3.8, 4) is 10.6 Å². The Bertz CT molecular complexity index is 476. The molecule has 0 aliphatic heterocycles. The van der Waals surface area contributed by atoms with Crippen molar-refractivity contribution in [1.29, 1.82) is 0 Å². The van der Waals surface area contributed by atoms with Crippen molar-refractivity contribution in [1.82, 2.24) is 4.98 Å². The molecule has 0 atom stereocenters. The van der Waals surface area contributed by atoms with Gasteiger partial charge in [0.1, 0.15) is 10.8 Å². The number of aromatic nitrogens is 1. The molecule has 1 aromatic heterocycles. The number of halogens is 1. The minimum atomic E-state index is -0.191. The molecule has 0 spiro atoms. The average Bonchev–Trinajstić information content (AvgIpc) is 2.66. The number of aryl methyl sites for hydroxylation is 2. The van der Waals surface area contributed by atoms with Gasteiger partial charge in [-0.25, -0.2) is 9.37 Å². The fourth-order valence-electron chi connectivity index (χ4n) is 1.46. The molecule has 0 amide bonds. The molecule has 78 valence electrons. The Hall–Kier alpha value is -1.22. The summed E-state index contributed by atoms with van der Waals surface area (Å²) in [5, 5.41) is 3.03. The van der Waals surface area contributed by atoms with Gasteiger partial charge in [0, 0.05) is 10.9 Å². The molecule has 0 fully saturated rings. The zero-order valence-corrected chi connectivity index (χ0v) is 9.57. The highest BCUT2D eigenvalue weighted by Crippen LogP contribution is 2.27. The molecule has 0 N–H and O–H groups in total. The van der Waals surface area contributed by atoms with Gasteiger partial charge in [0.2, 0.25) is 0 Å². The molecule has 1 aromatic carbocycles. The summed E-state index contributed by atoms with van der Waals surface area (Å²) in [7, 11) is 0. The summed E-state index contributed by atoms with van der Waals surface area (Å²) in [6.45, 7) is 3.99. The van der Waals surface area contributed by atoms with Gasteiger partial charge in [0.15, 0.2) is 0 Å². The lowest BCUT2D eigenvalue weighted by Gasteiger charge is -2.01. The minimum absolute atomic E-state index is 0.191. The molecule has 0 bridgehead atoms. The van der Waals surface area contributed by atoms with Crippen molar-refractivity contribution < 1.29 is 4.39 Å².